The first-order valence-corrected chi connectivity index (χ1v) is 11.0. The van der Waals surface area contributed by atoms with E-state index in [0.29, 0.717) is 0 Å². The Morgan fingerprint density at radius 2 is 1.32 bits per heavy atom. The molecule has 0 aliphatic heterocycles. The van der Waals surface area contributed by atoms with Crippen molar-refractivity contribution in [2.75, 3.05) is 0 Å². The Bertz CT molecular complexity index is 521. The van der Waals surface area contributed by atoms with Crippen LogP contribution in [0.2, 0.25) is 0 Å². The second-order valence-corrected chi connectivity index (χ2v) is 9.79. The molecule has 2 fully saturated rings. The molecule has 0 spiro atoms. The Morgan fingerprint density at radius 1 is 0.800 bits per heavy atom. The Hall–Kier alpha value is -0.260. The first-order valence-electron chi connectivity index (χ1n) is 9.72. The monoisotopic (exact) mass is 464 g/mol. The van der Waals surface area contributed by atoms with E-state index in [1.165, 1.54) is 63.5 Å². The highest BCUT2D eigenvalue weighted by Crippen LogP contribution is 2.42. The van der Waals surface area contributed by atoms with Gasteiger partial charge in [-0.1, -0.05) is 47.6 Å². The van der Waals surface area contributed by atoms with E-state index < -0.39 is 11.7 Å². The van der Waals surface area contributed by atoms with Gasteiger partial charge in [0.05, 0.1) is 5.56 Å². The lowest BCUT2D eigenvalue weighted by Crippen LogP contribution is -2.26. The molecular formula is C21H28F3I. The van der Waals surface area contributed by atoms with Gasteiger partial charge in [0.1, 0.15) is 0 Å². The molecule has 0 atom stereocenters. The number of benzene rings is 1. The van der Waals surface area contributed by atoms with Crippen LogP contribution < -0.4 is 0 Å². The fraction of sp³-hybridized carbons (Fsp3) is 0.714. The molecule has 2 saturated carbocycles. The second-order valence-electron chi connectivity index (χ2n) is 8.03. The second kappa shape index (κ2) is 8.62. The van der Waals surface area contributed by atoms with Crippen molar-refractivity contribution >= 4 is 22.6 Å². The molecule has 2 aliphatic rings. The molecule has 4 heteroatoms. The molecule has 0 N–H and O–H groups in total. The molecule has 0 nitrogen and oxygen atoms in total. The maximum atomic E-state index is 12.6. The number of halogens is 4. The van der Waals surface area contributed by atoms with Gasteiger partial charge < -0.3 is 0 Å². The molecular weight excluding hydrogens is 436 g/mol. The van der Waals surface area contributed by atoms with Gasteiger partial charge in [0.25, 0.3) is 0 Å². The van der Waals surface area contributed by atoms with Crippen molar-refractivity contribution < 1.29 is 13.2 Å². The molecule has 1 aromatic carbocycles. The Balaban J connectivity index is 1.40. The summed E-state index contributed by atoms with van der Waals surface area (Å²) in [6, 6.07) is 5.74. The van der Waals surface area contributed by atoms with E-state index in [-0.39, 0.29) is 0 Å². The van der Waals surface area contributed by atoms with Gasteiger partial charge in [0.2, 0.25) is 0 Å². The van der Waals surface area contributed by atoms with Gasteiger partial charge in [0.15, 0.2) is 0 Å². The third-order valence-corrected chi connectivity index (χ3v) is 7.63. The summed E-state index contributed by atoms with van der Waals surface area (Å²) in [4.78, 5) is 0. The molecule has 2 aliphatic carbocycles. The van der Waals surface area contributed by atoms with E-state index in [0.717, 1.165) is 40.1 Å². The van der Waals surface area contributed by atoms with Crippen LogP contribution in [-0.4, -0.2) is 3.92 Å². The minimum absolute atomic E-state index is 0.544. The number of alkyl halides is 4. The average Bonchev–Trinajstić information content (AvgIpc) is 2.61. The van der Waals surface area contributed by atoms with E-state index in [4.69, 9.17) is 0 Å². The third-order valence-electron chi connectivity index (χ3n) is 6.38. The summed E-state index contributed by atoms with van der Waals surface area (Å²) in [6.45, 7) is 0. The Labute approximate surface area is 163 Å². The van der Waals surface area contributed by atoms with Gasteiger partial charge in [-0.2, -0.15) is 13.2 Å². The zero-order valence-corrected chi connectivity index (χ0v) is 16.9. The van der Waals surface area contributed by atoms with E-state index in [1.54, 1.807) is 12.1 Å². The highest BCUT2D eigenvalue weighted by Gasteiger charge is 2.31. The average molecular weight is 464 g/mol. The molecule has 0 saturated heterocycles. The van der Waals surface area contributed by atoms with E-state index in [1.807, 2.05) is 0 Å². The van der Waals surface area contributed by atoms with Crippen molar-refractivity contribution in [1.29, 1.82) is 0 Å². The topological polar surface area (TPSA) is 0 Å². The van der Waals surface area contributed by atoms with Gasteiger partial charge >= 0.3 is 6.18 Å². The zero-order chi connectivity index (χ0) is 17.9. The van der Waals surface area contributed by atoms with Crippen LogP contribution in [0.5, 0.6) is 0 Å². The van der Waals surface area contributed by atoms with Crippen LogP contribution in [0.4, 0.5) is 13.2 Å². The maximum absolute atomic E-state index is 12.6. The summed E-state index contributed by atoms with van der Waals surface area (Å²) >= 11 is 2.60. The van der Waals surface area contributed by atoms with E-state index in [9.17, 15) is 13.2 Å². The minimum Gasteiger partial charge on any atom is -0.166 e. The smallest absolute Gasteiger partial charge is 0.166 e. The standard InChI is InChI=1S/C21H28F3I/c22-21(23,24)19-11-5-16(6-12-19)2-1-15-3-7-17(8-4-15)18-9-13-20(25)14-10-18/h5-6,11-12,15,17-18,20H,1-4,7-10,13-14H2. The van der Waals surface area contributed by atoms with Crippen molar-refractivity contribution in [3.8, 4) is 0 Å². The normalized spacial score (nSPS) is 31.0. The van der Waals surface area contributed by atoms with Gasteiger partial charge in [-0.3, -0.25) is 0 Å². The van der Waals surface area contributed by atoms with Gasteiger partial charge in [-0.25, -0.2) is 0 Å². The molecule has 1 aromatic rings. The molecule has 25 heavy (non-hydrogen) atoms. The maximum Gasteiger partial charge on any atom is 0.416 e. The van der Waals surface area contributed by atoms with E-state index >= 15 is 0 Å². The van der Waals surface area contributed by atoms with Crippen LogP contribution in [0, 0.1) is 17.8 Å². The van der Waals surface area contributed by atoms with Crippen molar-refractivity contribution in [3.63, 3.8) is 0 Å². The van der Waals surface area contributed by atoms with E-state index in [2.05, 4.69) is 22.6 Å². The minimum atomic E-state index is -4.23. The predicted octanol–water partition coefficient (Wildman–Crippen LogP) is 7.44. The van der Waals surface area contributed by atoms with Crippen molar-refractivity contribution in [2.24, 2.45) is 17.8 Å². The largest absolute Gasteiger partial charge is 0.416 e. The lowest BCUT2D eigenvalue weighted by molar-refractivity contribution is -0.137. The molecule has 0 unspecified atom stereocenters. The Kier molecular flexibility index (Phi) is 6.72. The summed E-state index contributed by atoms with van der Waals surface area (Å²) in [5.74, 6) is 2.66. The first-order chi connectivity index (χ1) is 11.9. The number of hydrogen-bond acceptors (Lipinski definition) is 0. The van der Waals surface area contributed by atoms with Crippen LogP contribution in [0.1, 0.15) is 68.9 Å². The summed E-state index contributed by atoms with van der Waals surface area (Å²) in [5, 5.41) is 0. The van der Waals surface area contributed by atoms with Crippen molar-refractivity contribution in [1.82, 2.24) is 0 Å². The van der Waals surface area contributed by atoms with Crippen LogP contribution in [0.3, 0.4) is 0 Å². The quantitative estimate of drug-likeness (QED) is 0.321. The van der Waals surface area contributed by atoms with Crippen molar-refractivity contribution in [3.05, 3.63) is 35.4 Å². The van der Waals surface area contributed by atoms with Crippen LogP contribution in [-0.2, 0) is 12.6 Å². The third kappa shape index (κ3) is 5.61. The predicted molar refractivity (Wildman–Crippen MR) is 105 cm³/mol. The molecule has 0 amide bonds. The van der Waals surface area contributed by atoms with Crippen LogP contribution in [0.15, 0.2) is 24.3 Å². The molecule has 3 rings (SSSR count). The zero-order valence-electron chi connectivity index (χ0n) is 14.7. The molecule has 0 heterocycles. The highest BCUT2D eigenvalue weighted by atomic mass is 127. The molecule has 140 valence electrons. The molecule has 0 bridgehead atoms. The summed E-state index contributed by atoms with van der Waals surface area (Å²) in [7, 11) is 0. The SMILES string of the molecule is FC(F)(F)c1ccc(CCC2CCC(C3CCC(I)CC3)CC2)cc1. The van der Waals surface area contributed by atoms with Crippen LogP contribution in [0.25, 0.3) is 0 Å². The summed E-state index contributed by atoms with van der Waals surface area (Å²) in [5.41, 5.74) is 0.494. The van der Waals surface area contributed by atoms with Crippen molar-refractivity contribution in [2.45, 2.75) is 74.3 Å². The van der Waals surface area contributed by atoms with Gasteiger partial charge in [0, 0.05) is 3.92 Å². The lowest BCUT2D eigenvalue weighted by Gasteiger charge is -2.37. The highest BCUT2D eigenvalue weighted by molar-refractivity contribution is 14.1. The van der Waals surface area contributed by atoms with Gasteiger partial charge in [-0.15, -0.1) is 0 Å². The fourth-order valence-electron chi connectivity index (χ4n) is 4.73. The van der Waals surface area contributed by atoms with Gasteiger partial charge in [-0.05, 0) is 86.8 Å². The first kappa shape index (κ1) is 19.5. The summed E-state index contributed by atoms with van der Waals surface area (Å²) < 4.78 is 38.7. The molecule has 0 aromatic heterocycles. The lowest BCUT2D eigenvalue weighted by atomic mass is 9.70. The number of aryl methyl sites for hydroxylation is 1. The fourth-order valence-corrected chi connectivity index (χ4v) is 5.45. The van der Waals surface area contributed by atoms with Crippen LogP contribution >= 0.6 is 22.6 Å². The Morgan fingerprint density at radius 3 is 1.84 bits per heavy atom. The number of hydrogen-bond donors (Lipinski definition) is 0. The number of rotatable bonds is 4. The molecule has 0 radical (unpaired) electrons. The summed E-state index contributed by atoms with van der Waals surface area (Å²) in [6.07, 6.45) is 8.83.